The second-order valence-electron chi connectivity index (χ2n) is 7.03. The van der Waals surface area contributed by atoms with E-state index in [1.165, 1.54) is 6.92 Å². The van der Waals surface area contributed by atoms with E-state index in [1.54, 1.807) is 6.20 Å². The third-order valence-electron chi connectivity index (χ3n) is 4.19. The minimum absolute atomic E-state index is 0.0957. The maximum absolute atomic E-state index is 12.6. The topological polar surface area (TPSA) is 134 Å². The van der Waals surface area contributed by atoms with Crippen LogP contribution in [0.3, 0.4) is 0 Å². The van der Waals surface area contributed by atoms with Gasteiger partial charge in [0.05, 0.1) is 5.78 Å². The average molecular weight is 394 g/mol. The molecule has 4 N–H and O–H groups in total. The van der Waals surface area contributed by atoms with Crippen LogP contribution in [0.15, 0.2) is 30.5 Å². The van der Waals surface area contributed by atoms with Crippen molar-refractivity contribution in [3.63, 3.8) is 0 Å². The Kier molecular flexibility index (Phi) is 6.81. The number of amides is 2. The van der Waals surface area contributed by atoms with Crippen LogP contribution in [0.4, 0.5) is 0 Å². The molecule has 1 aromatic carbocycles. The lowest BCUT2D eigenvalue weighted by Gasteiger charge is -2.30. The highest BCUT2D eigenvalue weighted by atomic mass is 31.2. The van der Waals surface area contributed by atoms with E-state index in [1.807, 2.05) is 38.1 Å². The summed E-state index contributed by atoms with van der Waals surface area (Å²) in [6.07, 6.45) is 1.90. The second kappa shape index (κ2) is 8.69. The standard InChI is InChI=1S/C18H26N3O5P/c1-11(2)8-16(20-12(3)22)18(23)21-17(27(24,25)26)9-13-10-19-15-7-5-4-6-14(13)15/h4-7,10-11,16-17,19H,8-9H2,1-3H3,(H,20,22)(H,21,23)(H2,24,25,26)/p-1. The van der Waals surface area contributed by atoms with Gasteiger partial charge in [-0.2, -0.15) is 0 Å². The molecule has 0 aliphatic rings. The molecule has 1 aromatic heterocycles. The van der Waals surface area contributed by atoms with Crippen LogP contribution in [-0.2, 0) is 20.6 Å². The molecule has 0 bridgehead atoms. The van der Waals surface area contributed by atoms with Crippen LogP contribution in [0.1, 0.15) is 32.8 Å². The minimum Gasteiger partial charge on any atom is -0.777 e. The summed E-state index contributed by atoms with van der Waals surface area (Å²) in [6, 6.07) is 6.46. The number of nitrogens with one attached hydrogen (secondary N) is 3. The molecule has 2 aromatic rings. The number of hydrogen-bond donors (Lipinski definition) is 4. The van der Waals surface area contributed by atoms with Gasteiger partial charge in [0.15, 0.2) is 7.60 Å². The van der Waals surface area contributed by atoms with E-state index in [4.69, 9.17) is 0 Å². The quantitative estimate of drug-likeness (QED) is 0.500. The van der Waals surface area contributed by atoms with E-state index in [-0.39, 0.29) is 12.3 Å². The van der Waals surface area contributed by atoms with Gasteiger partial charge < -0.3 is 30.0 Å². The highest BCUT2D eigenvalue weighted by Crippen LogP contribution is 2.37. The average Bonchev–Trinajstić information content (AvgIpc) is 2.95. The lowest BCUT2D eigenvalue weighted by Crippen LogP contribution is -2.50. The largest absolute Gasteiger partial charge is 0.777 e. The molecule has 0 saturated heterocycles. The first-order chi connectivity index (χ1) is 12.6. The number of hydrogen-bond acceptors (Lipinski definition) is 4. The lowest BCUT2D eigenvalue weighted by molar-refractivity contribution is -0.197. The molecule has 0 aliphatic carbocycles. The zero-order chi connectivity index (χ0) is 20.2. The van der Waals surface area contributed by atoms with Gasteiger partial charge in [0, 0.05) is 30.4 Å². The number of aromatic nitrogens is 1. The lowest BCUT2D eigenvalue weighted by atomic mass is 10.0. The molecule has 0 spiro atoms. The Morgan fingerprint density at radius 1 is 1.26 bits per heavy atom. The van der Waals surface area contributed by atoms with Gasteiger partial charge >= 0.3 is 0 Å². The molecule has 0 saturated carbocycles. The van der Waals surface area contributed by atoms with Gasteiger partial charge in [-0.05, 0) is 24.0 Å². The first-order valence-electron chi connectivity index (χ1n) is 8.74. The van der Waals surface area contributed by atoms with Crippen molar-refractivity contribution in [1.82, 2.24) is 15.6 Å². The van der Waals surface area contributed by atoms with E-state index in [0.29, 0.717) is 12.0 Å². The third kappa shape index (κ3) is 5.92. The number of carbonyl (C=O) groups excluding carboxylic acids is 2. The van der Waals surface area contributed by atoms with Crippen molar-refractivity contribution in [2.45, 2.75) is 45.4 Å². The van der Waals surface area contributed by atoms with Gasteiger partial charge in [0.25, 0.3) is 0 Å². The maximum atomic E-state index is 12.6. The number of H-pyrrole nitrogens is 1. The molecular formula is C18H25N3O5P-. The summed E-state index contributed by atoms with van der Waals surface area (Å²) in [5, 5.41) is 5.71. The summed E-state index contributed by atoms with van der Waals surface area (Å²) < 4.78 is 11.9. The van der Waals surface area contributed by atoms with Gasteiger partial charge in [0.1, 0.15) is 6.04 Å². The summed E-state index contributed by atoms with van der Waals surface area (Å²) in [6.45, 7) is 5.06. The summed E-state index contributed by atoms with van der Waals surface area (Å²) in [5.41, 5.74) is 1.48. The van der Waals surface area contributed by atoms with E-state index in [9.17, 15) is 23.9 Å². The van der Waals surface area contributed by atoms with Gasteiger partial charge in [-0.15, -0.1) is 0 Å². The molecule has 3 atom stereocenters. The van der Waals surface area contributed by atoms with Crippen LogP contribution in [0, 0.1) is 5.92 Å². The molecule has 0 aliphatic heterocycles. The van der Waals surface area contributed by atoms with Crippen molar-refractivity contribution < 1.29 is 23.9 Å². The maximum Gasteiger partial charge on any atom is 0.243 e. The smallest absolute Gasteiger partial charge is 0.243 e. The predicted octanol–water partition coefficient (Wildman–Crippen LogP) is 1.25. The van der Waals surface area contributed by atoms with Gasteiger partial charge in [0.2, 0.25) is 11.8 Å². The van der Waals surface area contributed by atoms with Gasteiger partial charge in [-0.1, -0.05) is 32.0 Å². The highest BCUT2D eigenvalue weighted by molar-refractivity contribution is 7.51. The molecule has 0 fully saturated rings. The third-order valence-corrected chi connectivity index (χ3v) is 5.29. The Morgan fingerprint density at radius 3 is 2.52 bits per heavy atom. The molecule has 8 nitrogen and oxygen atoms in total. The Hall–Kier alpha value is -2.15. The fourth-order valence-electron chi connectivity index (χ4n) is 2.97. The zero-order valence-electron chi connectivity index (χ0n) is 15.6. The molecule has 1 heterocycles. The Bertz CT molecular complexity index is 858. The van der Waals surface area contributed by atoms with Crippen molar-refractivity contribution in [2.24, 2.45) is 5.92 Å². The molecule has 2 amide bonds. The zero-order valence-corrected chi connectivity index (χ0v) is 16.5. The van der Waals surface area contributed by atoms with Crippen molar-refractivity contribution >= 4 is 30.3 Å². The monoisotopic (exact) mass is 394 g/mol. The minimum atomic E-state index is -4.87. The van der Waals surface area contributed by atoms with Crippen LogP contribution >= 0.6 is 7.60 Å². The molecule has 3 unspecified atom stereocenters. The number of para-hydroxylation sites is 1. The number of rotatable bonds is 8. The summed E-state index contributed by atoms with van der Waals surface area (Å²) in [7, 11) is -4.87. The van der Waals surface area contributed by atoms with E-state index in [2.05, 4.69) is 15.6 Å². The van der Waals surface area contributed by atoms with Crippen molar-refractivity contribution in [3.8, 4) is 0 Å². The molecular weight excluding hydrogens is 369 g/mol. The van der Waals surface area contributed by atoms with E-state index >= 15 is 0 Å². The number of aromatic amines is 1. The predicted molar refractivity (Wildman–Crippen MR) is 101 cm³/mol. The summed E-state index contributed by atoms with van der Waals surface area (Å²) in [5.74, 6) is -2.42. The Labute approximate surface area is 157 Å². The van der Waals surface area contributed by atoms with Crippen LogP contribution in [0.2, 0.25) is 0 Å². The van der Waals surface area contributed by atoms with E-state index in [0.717, 1.165) is 10.9 Å². The first-order valence-corrected chi connectivity index (χ1v) is 10.4. The number of carbonyl (C=O) groups is 2. The van der Waals surface area contributed by atoms with Crippen LogP contribution < -0.4 is 15.5 Å². The van der Waals surface area contributed by atoms with Crippen LogP contribution in [-0.4, -0.2) is 33.5 Å². The molecule has 148 valence electrons. The van der Waals surface area contributed by atoms with Crippen LogP contribution in [0.5, 0.6) is 0 Å². The highest BCUT2D eigenvalue weighted by Gasteiger charge is 2.28. The van der Waals surface area contributed by atoms with E-state index < -0.39 is 31.2 Å². The summed E-state index contributed by atoms with van der Waals surface area (Å²) in [4.78, 5) is 48.5. The normalized spacial score (nSPS) is 15.9. The van der Waals surface area contributed by atoms with Crippen LogP contribution in [0.25, 0.3) is 10.9 Å². The van der Waals surface area contributed by atoms with Crippen molar-refractivity contribution in [1.29, 1.82) is 0 Å². The number of benzene rings is 1. The first kappa shape index (κ1) is 21.2. The van der Waals surface area contributed by atoms with Crippen molar-refractivity contribution in [2.75, 3.05) is 0 Å². The molecule has 0 radical (unpaired) electrons. The molecule has 9 heteroatoms. The number of fused-ring (bicyclic) bond motifs is 1. The summed E-state index contributed by atoms with van der Waals surface area (Å²) >= 11 is 0. The van der Waals surface area contributed by atoms with Crippen molar-refractivity contribution in [3.05, 3.63) is 36.0 Å². The van der Waals surface area contributed by atoms with Gasteiger partial charge in [-0.3, -0.25) is 9.59 Å². The Morgan fingerprint density at radius 2 is 1.93 bits per heavy atom. The van der Waals surface area contributed by atoms with Gasteiger partial charge in [-0.25, -0.2) is 0 Å². The Balaban J connectivity index is 2.22. The molecule has 2 rings (SSSR count). The molecule has 27 heavy (non-hydrogen) atoms. The SMILES string of the molecule is CC(=O)NC(CC(C)C)C(=O)NC(Cc1c[nH]c2ccccc12)P(=O)([O-])O. The fraction of sp³-hybridized carbons (Fsp3) is 0.444. The fourth-order valence-corrected chi connectivity index (χ4v) is 3.69. The second-order valence-corrected chi connectivity index (χ2v) is 8.79.